The molecular weight excluding hydrogens is 796 g/mol. The maximum absolute atomic E-state index is 11.8. The first-order chi connectivity index (χ1) is 30.4. The summed E-state index contributed by atoms with van der Waals surface area (Å²) in [5.41, 5.74) is 10.4. The van der Waals surface area contributed by atoms with Crippen molar-refractivity contribution in [2.45, 2.75) is 155 Å². The summed E-state index contributed by atoms with van der Waals surface area (Å²) in [5.74, 6) is 6.07. The molecule has 11 heteroatoms. The highest BCUT2D eigenvalue weighted by Gasteiger charge is 2.18. The van der Waals surface area contributed by atoms with Crippen LogP contribution in [0.4, 0.5) is 0 Å². The van der Waals surface area contributed by atoms with Gasteiger partial charge in [-0.05, 0) is 87.3 Å². The van der Waals surface area contributed by atoms with Crippen LogP contribution in [0.2, 0.25) is 5.02 Å². The number of nitrogens with two attached hydrogens (primary N) is 2. The van der Waals surface area contributed by atoms with E-state index >= 15 is 0 Å². The van der Waals surface area contributed by atoms with Crippen LogP contribution in [0.1, 0.15) is 152 Å². The standard InChI is InChI=1S/C51H76ClN6O4/c1-43(59)62-51-47(39-48(52)46-29-21-31-56-50(46)51)49(53)42-58(54)34-17-13-9-5-7-11-15-19-36-61-38-24-28-45-26-22-33-57(41-45)32-16-12-8-4-2-3-6-10-14-18-35-60-37-23-27-44-25-20-30-55-40-44/h20-22,25-26,29-31,33,39-42H,2-19,23-24,27-28,32,34-38,53-54H2,1H3/q+1/b49-42-. The third kappa shape index (κ3) is 21.3. The first kappa shape index (κ1) is 50.6. The van der Waals surface area contributed by atoms with Gasteiger partial charge in [0.2, 0.25) is 0 Å². The molecule has 0 spiro atoms. The Bertz CT molecular complexity index is 1840. The van der Waals surface area contributed by atoms with Crippen molar-refractivity contribution in [3.05, 3.63) is 101 Å². The lowest BCUT2D eigenvalue weighted by atomic mass is 10.1. The molecule has 0 fully saturated rings. The number of esters is 1. The Balaban J connectivity index is 0.900. The van der Waals surface area contributed by atoms with Crippen LogP contribution in [-0.4, -0.2) is 53.9 Å². The van der Waals surface area contributed by atoms with Gasteiger partial charge in [0.15, 0.2) is 18.1 Å². The maximum atomic E-state index is 11.8. The smallest absolute Gasteiger partial charge is 0.308 e. The van der Waals surface area contributed by atoms with Crippen molar-refractivity contribution < 1.29 is 23.6 Å². The predicted octanol–water partition coefficient (Wildman–Crippen LogP) is 11.2. The quantitative estimate of drug-likeness (QED) is 0.0116. The first-order valence-electron chi connectivity index (χ1n) is 23.7. The van der Waals surface area contributed by atoms with Gasteiger partial charge in [-0.25, -0.2) is 10.4 Å². The number of carbonyl (C=O) groups is 1. The molecule has 3 aromatic heterocycles. The molecule has 0 aliphatic rings. The molecule has 0 aliphatic carbocycles. The lowest BCUT2D eigenvalue weighted by Crippen LogP contribution is -2.33. The molecule has 0 unspecified atom stereocenters. The Morgan fingerprint density at radius 1 is 0.726 bits per heavy atom. The number of unbranched alkanes of at least 4 members (excludes halogenated alkanes) is 16. The Labute approximate surface area is 377 Å². The molecule has 0 atom stereocenters. The van der Waals surface area contributed by atoms with Gasteiger partial charge in [-0.1, -0.05) is 101 Å². The van der Waals surface area contributed by atoms with Gasteiger partial charge in [0.25, 0.3) is 0 Å². The van der Waals surface area contributed by atoms with Gasteiger partial charge >= 0.3 is 5.97 Å². The minimum Gasteiger partial charge on any atom is -0.424 e. The van der Waals surface area contributed by atoms with Crippen molar-refractivity contribution in [1.29, 1.82) is 0 Å². The number of fused-ring (bicyclic) bond motifs is 1. The van der Waals surface area contributed by atoms with E-state index in [0.717, 1.165) is 77.9 Å². The second-order valence-corrected chi connectivity index (χ2v) is 17.1. The highest BCUT2D eigenvalue weighted by atomic mass is 35.5. The van der Waals surface area contributed by atoms with Crippen molar-refractivity contribution in [3.63, 3.8) is 0 Å². The number of benzene rings is 1. The van der Waals surface area contributed by atoms with E-state index in [1.165, 1.54) is 114 Å². The summed E-state index contributed by atoms with van der Waals surface area (Å²) in [6.07, 6.45) is 38.4. The summed E-state index contributed by atoms with van der Waals surface area (Å²) < 4.78 is 19.7. The van der Waals surface area contributed by atoms with Crippen LogP contribution >= 0.6 is 11.6 Å². The third-order valence-electron chi connectivity index (χ3n) is 11.2. The molecule has 4 rings (SSSR count). The zero-order valence-electron chi connectivity index (χ0n) is 37.8. The van der Waals surface area contributed by atoms with Crippen molar-refractivity contribution in [1.82, 2.24) is 15.0 Å². The van der Waals surface area contributed by atoms with Crippen molar-refractivity contribution >= 4 is 34.2 Å². The number of pyridine rings is 3. The Morgan fingerprint density at radius 3 is 1.92 bits per heavy atom. The first-order valence-corrected chi connectivity index (χ1v) is 24.1. The van der Waals surface area contributed by atoms with Crippen LogP contribution in [0.15, 0.2) is 79.6 Å². The molecule has 340 valence electrons. The third-order valence-corrected chi connectivity index (χ3v) is 11.5. The molecule has 1 aromatic carbocycles. The number of rotatable bonds is 35. The molecule has 4 aromatic rings. The molecular formula is C51H76ClN6O4+. The van der Waals surface area contributed by atoms with Gasteiger partial charge in [0, 0.05) is 93.7 Å². The van der Waals surface area contributed by atoms with E-state index in [-0.39, 0.29) is 5.75 Å². The lowest BCUT2D eigenvalue weighted by Gasteiger charge is -2.17. The fourth-order valence-corrected chi connectivity index (χ4v) is 8.05. The van der Waals surface area contributed by atoms with Crippen LogP contribution in [0.5, 0.6) is 5.75 Å². The SMILES string of the molecule is CC(=O)Oc1c(/C(N)=C/N(N)CCCCCCCCCCOCCCc2ccc[n+](CCCCCCCCCCCCOCCCc3cccnc3)c2)cc(Cl)c2cccnc12. The number of ether oxygens (including phenoxy) is 3. The molecule has 0 aliphatic heterocycles. The van der Waals surface area contributed by atoms with Crippen LogP contribution in [-0.2, 0) is 33.7 Å². The van der Waals surface area contributed by atoms with E-state index in [2.05, 4.69) is 45.1 Å². The number of hydrogen-bond acceptors (Lipinski definition) is 9. The summed E-state index contributed by atoms with van der Waals surface area (Å²) in [7, 11) is 0. The van der Waals surface area contributed by atoms with Crippen molar-refractivity contribution in [3.8, 4) is 5.75 Å². The molecule has 62 heavy (non-hydrogen) atoms. The normalized spacial score (nSPS) is 11.7. The van der Waals surface area contributed by atoms with Crippen LogP contribution < -0.4 is 20.9 Å². The molecule has 4 N–H and O–H groups in total. The number of aromatic nitrogens is 3. The topological polar surface area (TPSA) is 130 Å². The van der Waals surface area contributed by atoms with Gasteiger partial charge in [0.1, 0.15) is 12.1 Å². The Hall–Kier alpha value is -4.09. The zero-order valence-corrected chi connectivity index (χ0v) is 38.5. The molecule has 0 bridgehead atoms. The van der Waals surface area contributed by atoms with E-state index in [4.69, 9.17) is 37.4 Å². The number of carbonyl (C=O) groups excluding carboxylic acids is 1. The number of hydrogen-bond donors (Lipinski definition) is 2. The van der Waals surface area contributed by atoms with Gasteiger partial charge in [0.05, 0.1) is 10.7 Å². The Kier molecular flexibility index (Phi) is 25.8. The average Bonchev–Trinajstić information content (AvgIpc) is 3.27. The number of aryl methyl sites for hydroxylation is 3. The molecule has 0 saturated heterocycles. The maximum Gasteiger partial charge on any atom is 0.308 e. The van der Waals surface area contributed by atoms with E-state index < -0.39 is 5.97 Å². The second-order valence-electron chi connectivity index (χ2n) is 16.7. The van der Waals surface area contributed by atoms with Crippen LogP contribution in [0.25, 0.3) is 16.6 Å². The van der Waals surface area contributed by atoms with Gasteiger partial charge < -0.3 is 25.0 Å². The number of nitrogens with zero attached hydrogens (tertiary/aromatic N) is 4. The highest BCUT2D eigenvalue weighted by molar-refractivity contribution is 6.36. The fourth-order valence-electron chi connectivity index (χ4n) is 7.79. The van der Waals surface area contributed by atoms with E-state index in [1.54, 1.807) is 29.5 Å². The van der Waals surface area contributed by atoms with Crippen LogP contribution in [0, 0.1) is 0 Å². The summed E-state index contributed by atoms with van der Waals surface area (Å²) in [5, 5.41) is 2.74. The second kappa shape index (κ2) is 31.7. The Morgan fingerprint density at radius 2 is 1.29 bits per heavy atom. The van der Waals surface area contributed by atoms with E-state index in [9.17, 15) is 4.79 Å². The fraction of sp³-hybridized carbons (Fsp3) is 0.569. The minimum atomic E-state index is -0.462. The average molecular weight is 873 g/mol. The minimum absolute atomic E-state index is 0.282. The summed E-state index contributed by atoms with van der Waals surface area (Å²) in [6, 6.07) is 13.9. The number of hydrazine groups is 1. The van der Waals surface area contributed by atoms with Gasteiger partial charge in [-0.3, -0.25) is 14.8 Å². The summed E-state index contributed by atoms with van der Waals surface area (Å²) in [6.45, 7) is 6.56. The lowest BCUT2D eigenvalue weighted by molar-refractivity contribution is -0.697. The van der Waals surface area contributed by atoms with E-state index in [1.807, 2.05) is 24.5 Å². The number of halogens is 1. The molecule has 0 saturated carbocycles. The van der Waals surface area contributed by atoms with Gasteiger partial charge in [-0.15, -0.1) is 0 Å². The van der Waals surface area contributed by atoms with E-state index in [0.29, 0.717) is 33.7 Å². The summed E-state index contributed by atoms with van der Waals surface area (Å²) in [4.78, 5) is 20.4. The summed E-state index contributed by atoms with van der Waals surface area (Å²) >= 11 is 6.50. The largest absolute Gasteiger partial charge is 0.424 e. The zero-order chi connectivity index (χ0) is 43.9. The molecule has 0 radical (unpaired) electrons. The predicted molar refractivity (Wildman–Crippen MR) is 253 cm³/mol. The van der Waals surface area contributed by atoms with Crippen molar-refractivity contribution in [2.75, 3.05) is 33.0 Å². The van der Waals surface area contributed by atoms with Crippen molar-refractivity contribution in [2.24, 2.45) is 11.6 Å². The molecule has 10 nitrogen and oxygen atoms in total. The molecule has 0 amide bonds. The highest BCUT2D eigenvalue weighted by Crippen LogP contribution is 2.36. The monoisotopic (exact) mass is 872 g/mol. The molecule has 3 heterocycles. The van der Waals surface area contributed by atoms with Gasteiger partial charge in [-0.2, -0.15) is 0 Å². The van der Waals surface area contributed by atoms with Crippen LogP contribution in [0.3, 0.4) is 0 Å².